The van der Waals surface area contributed by atoms with Crippen molar-refractivity contribution in [3.63, 3.8) is 0 Å². The number of carbonyl (C=O) groups excluding carboxylic acids is 1. The van der Waals surface area contributed by atoms with Crippen LogP contribution in [0.3, 0.4) is 0 Å². The number of pyridine rings is 1. The molecule has 0 aliphatic rings. The maximum Gasteiger partial charge on any atom is 0.249 e. The van der Waals surface area contributed by atoms with E-state index in [2.05, 4.69) is 4.98 Å². The Morgan fingerprint density at radius 1 is 1.62 bits per heavy atom. The molecule has 1 amide bonds. The normalized spacial score (nSPS) is 14.2. The summed E-state index contributed by atoms with van der Waals surface area (Å²) in [7, 11) is 1.26. The number of rotatable bonds is 4. The largest absolute Gasteiger partial charge is 0.481 e. The lowest BCUT2D eigenvalue weighted by atomic mass is 10.1. The molecule has 0 spiro atoms. The van der Waals surface area contributed by atoms with Crippen LogP contribution in [0.25, 0.3) is 0 Å². The molecule has 0 saturated heterocycles. The third-order valence-electron chi connectivity index (χ3n) is 1.95. The van der Waals surface area contributed by atoms with Gasteiger partial charge in [-0.1, -0.05) is 0 Å². The monoisotopic (exact) mass is 230 g/mol. The molecule has 0 saturated carbocycles. The maximum atomic E-state index is 12.9. The number of nitrogens with zero attached hydrogens (tertiary/aromatic N) is 1. The highest BCUT2D eigenvalue weighted by Gasteiger charge is 2.27. The minimum Gasteiger partial charge on any atom is -0.481 e. The average molecular weight is 230 g/mol. The zero-order valence-corrected chi connectivity index (χ0v) is 8.42. The second-order valence-electron chi connectivity index (χ2n) is 3.04. The molecule has 0 radical (unpaired) electrons. The quantitative estimate of drug-likeness (QED) is 0.622. The summed E-state index contributed by atoms with van der Waals surface area (Å²) in [5, 5.41) is 18.8. The summed E-state index contributed by atoms with van der Waals surface area (Å²) >= 11 is 0. The number of aromatic nitrogens is 1. The van der Waals surface area contributed by atoms with Crippen molar-refractivity contribution < 1.29 is 24.1 Å². The third kappa shape index (κ3) is 2.44. The van der Waals surface area contributed by atoms with E-state index in [1.54, 1.807) is 0 Å². The number of aliphatic hydroxyl groups excluding tert-OH is 2. The Bertz CT molecular complexity index is 399. The van der Waals surface area contributed by atoms with Gasteiger partial charge in [0.1, 0.15) is 11.9 Å². The lowest BCUT2D eigenvalue weighted by Crippen LogP contribution is -2.34. The Morgan fingerprint density at radius 2 is 2.25 bits per heavy atom. The summed E-state index contributed by atoms with van der Waals surface area (Å²) in [6, 6.07) is 0.905. The fraction of sp³-hybridized carbons (Fsp3) is 0.333. The van der Waals surface area contributed by atoms with E-state index in [-0.39, 0.29) is 11.4 Å². The second-order valence-corrected chi connectivity index (χ2v) is 3.04. The Labute approximate surface area is 90.5 Å². The van der Waals surface area contributed by atoms with Gasteiger partial charge in [0.15, 0.2) is 6.10 Å². The molecule has 2 atom stereocenters. The highest BCUT2D eigenvalue weighted by Crippen LogP contribution is 2.25. The third-order valence-corrected chi connectivity index (χ3v) is 1.95. The number of carbonyl (C=O) groups is 1. The van der Waals surface area contributed by atoms with Crippen LogP contribution in [0.2, 0.25) is 0 Å². The van der Waals surface area contributed by atoms with Crippen molar-refractivity contribution in [2.24, 2.45) is 5.73 Å². The van der Waals surface area contributed by atoms with Gasteiger partial charge in [0.2, 0.25) is 11.8 Å². The van der Waals surface area contributed by atoms with E-state index in [4.69, 9.17) is 10.5 Å². The van der Waals surface area contributed by atoms with Crippen LogP contribution < -0.4 is 10.5 Å². The summed E-state index contributed by atoms with van der Waals surface area (Å²) in [5.41, 5.74) is 4.66. The Morgan fingerprint density at radius 3 is 2.75 bits per heavy atom. The number of ether oxygens (including phenoxy) is 1. The predicted octanol–water partition coefficient (Wildman–Crippen LogP) is -0.891. The van der Waals surface area contributed by atoms with Crippen molar-refractivity contribution in [3.8, 4) is 5.88 Å². The van der Waals surface area contributed by atoms with Crippen LogP contribution in [0, 0.1) is 5.82 Å². The van der Waals surface area contributed by atoms with E-state index in [1.165, 1.54) is 7.11 Å². The first-order valence-electron chi connectivity index (χ1n) is 4.32. The summed E-state index contributed by atoms with van der Waals surface area (Å²) in [6.07, 6.45) is -2.65. The van der Waals surface area contributed by atoms with Crippen LogP contribution in [0.15, 0.2) is 12.3 Å². The van der Waals surface area contributed by atoms with Gasteiger partial charge in [-0.3, -0.25) is 4.79 Å². The van der Waals surface area contributed by atoms with Crippen LogP contribution >= 0.6 is 0 Å². The van der Waals surface area contributed by atoms with Gasteiger partial charge in [-0.2, -0.15) is 0 Å². The van der Waals surface area contributed by atoms with Gasteiger partial charge in [-0.15, -0.1) is 0 Å². The Hall–Kier alpha value is -1.73. The number of amides is 1. The van der Waals surface area contributed by atoms with Crippen molar-refractivity contribution in [1.29, 1.82) is 0 Å². The molecule has 0 aromatic carbocycles. The Balaban J connectivity index is 3.10. The van der Waals surface area contributed by atoms with Crippen LogP contribution in [0.1, 0.15) is 11.7 Å². The first-order valence-corrected chi connectivity index (χ1v) is 4.32. The van der Waals surface area contributed by atoms with Gasteiger partial charge in [-0.05, 0) is 6.07 Å². The Kier molecular flexibility index (Phi) is 3.75. The molecule has 0 aliphatic heterocycles. The van der Waals surface area contributed by atoms with Gasteiger partial charge in [-0.25, -0.2) is 9.37 Å². The lowest BCUT2D eigenvalue weighted by Gasteiger charge is -2.16. The predicted molar refractivity (Wildman–Crippen MR) is 50.9 cm³/mol. The zero-order chi connectivity index (χ0) is 12.3. The van der Waals surface area contributed by atoms with Gasteiger partial charge in [0.05, 0.1) is 13.3 Å². The summed E-state index contributed by atoms with van der Waals surface area (Å²) in [5.74, 6) is -1.94. The molecule has 7 heteroatoms. The SMILES string of the molecule is COc1ncc(F)cc1C(O)C(O)C(N)=O. The van der Waals surface area contributed by atoms with E-state index < -0.39 is 23.9 Å². The number of hydrogen-bond acceptors (Lipinski definition) is 5. The molecule has 2 unspecified atom stereocenters. The highest BCUT2D eigenvalue weighted by atomic mass is 19.1. The molecule has 0 fully saturated rings. The molecule has 0 aliphatic carbocycles. The van der Waals surface area contributed by atoms with Crippen molar-refractivity contribution >= 4 is 5.91 Å². The van der Waals surface area contributed by atoms with Crippen LogP contribution in [0.5, 0.6) is 5.88 Å². The molecule has 1 aromatic heterocycles. The molecule has 1 aromatic rings. The van der Waals surface area contributed by atoms with Crippen molar-refractivity contribution in [1.82, 2.24) is 4.98 Å². The first kappa shape index (κ1) is 12.3. The maximum absolute atomic E-state index is 12.9. The van der Waals surface area contributed by atoms with Crippen molar-refractivity contribution in [2.75, 3.05) is 7.11 Å². The van der Waals surface area contributed by atoms with Crippen LogP contribution in [-0.4, -0.2) is 34.3 Å². The standard InChI is InChI=1S/C9H11FN2O4/c1-16-9-5(2-4(10)3-12-9)6(13)7(14)8(11)15/h2-3,6-7,13-14H,1H3,(H2,11,15). The van der Waals surface area contributed by atoms with Crippen molar-refractivity contribution in [3.05, 3.63) is 23.6 Å². The van der Waals surface area contributed by atoms with E-state index in [0.29, 0.717) is 0 Å². The topological polar surface area (TPSA) is 106 Å². The molecule has 1 rings (SSSR count). The number of halogens is 1. The number of hydrogen-bond donors (Lipinski definition) is 3. The van der Waals surface area contributed by atoms with Gasteiger partial charge < -0.3 is 20.7 Å². The van der Waals surface area contributed by atoms with Gasteiger partial charge in [0, 0.05) is 5.56 Å². The number of methoxy groups -OCH3 is 1. The molecule has 4 N–H and O–H groups in total. The number of aliphatic hydroxyl groups is 2. The summed E-state index contributed by atoms with van der Waals surface area (Å²) in [6.45, 7) is 0. The molecule has 0 bridgehead atoms. The molecule has 1 heterocycles. The fourth-order valence-electron chi connectivity index (χ4n) is 1.15. The van der Waals surface area contributed by atoms with E-state index in [1.807, 2.05) is 0 Å². The van der Waals surface area contributed by atoms with E-state index in [9.17, 15) is 19.4 Å². The van der Waals surface area contributed by atoms with Crippen molar-refractivity contribution in [2.45, 2.75) is 12.2 Å². The van der Waals surface area contributed by atoms with Crippen LogP contribution in [0.4, 0.5) is 4.39 Å². The summed E-state index contributed by atoms with van der Waals surface area (Å²) < 4.78 is 17.6. The number of primary amides is 1. The average Bonchev–Trinajstić information content (AvgIpc) is 2.26. The van der Waals surface area contributed by atoms with Gasteiger partial charge in [0.25, 0.3) is 0 Å². The number of nitrogens with two attached hydrogens (primary N) is 1. The smallest absolute Gasteiger partial charge is 0.249 e. The first-order chi connectivity index (χ1) is 7.47. The van der Waals surface area contributed by atoms with E-state index >= 15 is 0 Å². The molecule has 16 heavy (non-hydrogen) atoms. The summed E-state index contributed by atoms with van der Waals surface area (Å²) in [4.78, 5) is 14.2. The zero-order valence-electron chi connectivity index (χ0n) is 8.42. The fourth-order valence-corrected chi connectivity index (χ4v) is 1.15. The molecule has 88 valence electrons. The lowest BCUT2D eigenvalue weighted by molar-refractivity contribution is -0.132. The van der Waals surface area contributed by atoms with Gasteiger partial charge >= 0.3 is 0 Å². The molecular weight excluding hydrogens is 219 g/mol. The van der Waals surface area contributed by atoms with E-state index in [0.717, 1.165) is 12.3 Å². The molecule has 6 nitrogen and oxygen atoms in total. The van der Waals surface area contributed by atoms with Crippen LogP contribution in [-0.2, 0) is 4.79 Å². The minimum atomic E-state index is -1.85. The second kappa shape index (κ2) is 4.86. The highest BCUT2D eigenvalue weighted by molar-refractivity contribution is 5.79. The molecular formula is C9H11FN2O4. The minimum absolute atomic E-state index is 0.0887.